The van der Waals surface area contributed by atoms with E-state index in [2.05, 4.69) is 63.4 Å². The second kappa shape index (κ2) is 7.34. The Kier molecular flexibility index (Phi) is 4.51. The summed E-state index contributed by atoms with van der Waals surface area (Å²) in [6.45, 7) is 7.98. The van der Waals surface area contributed by atoms with Crippen molar-refractivity contribution in [3.8, 4) is 6.07 Å². The van der Waals surface area contributed by atoms with Crippen molar-refractivity contribution in [1.29, 1.82) is 5.26 Å². The van der Waals surface area contributed by atoms with Crippen molar-refractivity contribution in [2.45, 2.75) is 19.8 Å². The largest absolute Gasteiger partial charge is 0.350 e. The number of aromatic amines is 1. The van der Waals surface area contributed by atoms with Crippen LogP contribution in [0.5, 0.6) is 0 Å². The van der Waals surface area contributed by atoms with Crippen LogP contribution >= 0.6 is 0 Å². The number of hydrogen-bond donors (Lipinski definition) is 0. The Hall–Kier alpha value is -3.59. The van der Waals surface area contributed by atoms with Gasteiger partial charge in [-0.1, -0.05) is 32.0 Å². The Morgan fingerprint density at radius 3 is 2.43 bits per heavy atom. The average molecular weight is 398 g/mol. The third-order valence-electron chi connectivity index (χ3n) is 5.96. The van der Waals surface area contributed by atoms with Crippen LogP contribution in [0.15, 0.2) is 54.7 Å². The van der Waals surface area contributed by atoms with Crippen molar-refractivity contribution < 1.29 is 4.98 Å². The molecular weight excluding hydrogens is 372 g/mol. The number of nitrogens with one attached hydrogen (secondary N) is 1. The molecular formula is C24H25N6+. The van der Waals surface area contributed by atoms with Gasteiger partial charge >= 0.3 is 0 Å². The van der Waals surface area contributed by atoms with E-state index in [-0.39, 0.29) is 5.92 Å². The molecule has 30 heavy (non-hydrogen) atoms. The van der Waals surface area contributed by atoms with Crippen LogP contribution in [-0.2, 0) is 0 Å². The molecule has 3 aromatic heterocycles. The predicted octanol–water partition coefficient (Wildman–Crippen LogP) is 3.62. The van der Waals surface area contributed by atoms with Crippen LogP contribution in [0.25, 0.3) is 16.7 Å². The van der Waals surface area contributed by atoms with Crippen molar-refractivity contribution in [2.24, 2.45) is 0 Å². The van der Waals surface area contributed by atoms with Gasteiger partial charge < -0.3 is 4.90 Å². The Morgan fingerprint density at radius 1 is 1.00 bits per heavy atom. The number of hydrogen-bond acceptors (Lipinski definition) is 4. The molecule has 1 aliphatic rings. The van der Waals surface area contributed by atoms with E-state index in [9.17, 15) is 5.26 Å². The van der Waals surface area contributed by atoms with Crippen molar-refractivity contribution in [1.82, 2.24) is 9.38 Å². The van der Waals surface area contributed by atoms with Crippen molar-refractivity contribution >= 4 is 28.3 Å². The van der Waals surface area contributed by atoms with E-state index in [1.807, 2.05) is 30.5 Å². The van der Waals surface area contributed by atoms with Crippen molar-refractivity contribution in [2.75, 3.05) is 36.0 Å². The molecule has 6 nitrogen and oxygen atoms in total. The van der Waals surface area contributed by atoms with Crippen LogP contribution in [0.2, 0.25) is 0 Å². The number of benzene rings is 1. The summed E-state index contributed by atoms with van der Waals surface area (Å²) < 4.78 is 2.17. The molecule has 0 radical (unpaired) electrons. The number of H-pyrrole nitrogens is 1. The van der Waals surface area contributed by atoms with Gasteiger partial charge in [0.15, 0.2) is 5.65 Å². The molecule has 0 atom stereocenters. The van der Waals surface area contributed by atoms with Gasteiger partial charge in [0.1, 0.15) is 25.0 Å². The summed E-state index contributed by atoms with van der Waals surface area (Å²) in [5.74, 6) is 2.53. The molecule has 1 fully saturated rings. The van der Waals surface area contributed by atoms with E-state index in [0.29, 0.717) is 5.56 Å². The van der Waals surface area contributed by atoms with Gasteiger partial charge in [-0.05, 0) is 35.7 Å². The molecule has 1 saturated heterocycles. The van der Waals surface area contributed by atoms with Crippen LogP contribution in [0.3, 0.4) is 0 Å². The summed E-state index contributed by atoms with van der Waals surface area (Å²) in [5, 5.41) is 9.93. The average Bonchev–Trinajstić information content (AvgIpc) is 3.18. The fourth-order valence-corrected chi connectivity index (χ4v) is 4.39. The molecule has 1 aromatic carbocycles. The van der Waals surface area contributed by atoms with E-state index in [0.717, 1.165) is 60.1 Å². The second-order valence-electron chi connectivity index (χ2n) is 8.08. The number of aromatic nitrogens is 3. The van der Waals surface area contributed by atoms with Gasteiger partial charge in [-0.3, -0.25) is 9.30 Å². The summed E-state index contributed by atoms with van der Waals surface area (Å²) in [6.07, 6.45) is 1.97. The first-order chi connectivity index (χ1) is 14.7. The lowest BCUT2D eigenvalue weighted by atomic mass is 9.98. The van der Waals surface area contributed by atoms with Gasteiger partial charge in [0.2, 0.25) is 0 Å². The quantitative estimate of drug-likeness (QED) is 0.530. The molecule has 6 heteroatoms. The highest BCUT2D eigenvalue weighted by molar-refractivity contribution is 5.85. The zero-order valence-electron chi connectivity index (χ0n) is 17.3. The van der Waals surface area contributed by atoms with Crippen LogP contribution < -0.4 is 14.8 Å². The van der Waals surface area contributed by atoms with Gasteiger partial charge in [0.05, 0.1) is 35.9 Å². The maximum Gasteiger partial charge on any atom is 0.274 e. The number of rotatable bonds is 3. The molecule has 150 valence electrons. The first-order valence-corrected chi connectivity index (χ1v) is 10.5. The first-order valence-electron chi connectivity index (χ1n) is 10.5. The number of pyridine rings is 2. The maximum absolute atomic E-state index is 9.93. The minimum absolute atomic E-state index is 0.253. The molecule has 1 N–H and O–H groups in total. The number of nitrogens with zero attached hydrogens (tertiary/aromatic N) is 5. The lowest BCUT2D eigenvalue weighted by Gasteiger charge is -2.33. The predicted molar refractivity (Wildman–Crippen MR) is 119 cm³/mol. The summed E-state index contributed by atoms with van der Waals surface area (Å²) in [7, 11) is 0. The Labute approximate surface area is 176 Å². The van der Waals surface area contributed by atoms with Gasteiger partial charge in [0.25, 0.3) is 5.82 Å². The van der Waals surface area contributed by atoms with E-state index in [4.69, 9.17) is 4.98 Å². The van der Waals surface area contributed by atoms with Gasteiger partial charge in [-0.2, -0.15) is 5.26 Å². The van der Waals surface area contributed by atoms with Crippen molar-refractivity contribution in [3.05, 3.63) is 65.9 Å². The fraction of sp³-hybridized carbons (Fsp3) is 0.292. The standard InChI is InChI=1S/C24H24N6/c1-17(2)18-15-23(29-13-11-28(12-14-29)22-9-5-6-10-26-22)30-21-8-4-3-7-20(21)27-24(30)19(18)16-25/h3-10,15,17H,11-14H2,1-2H3/p+1. The van der Waals surface area contributed by atoms with Crippen LogP contribution in [-0.4, -0.2) is 35.6 Å². The highest BCUT2D eigenvalue weighted by Gasteiger charge is 2.27. The normalized spacial score (nSPS) is 14.6. The third kappa shape index (κ3) is 2.94. The third-order valence-corrected chi connectivity index (χ3v) is 5.96. The zero-order valence-corrected chi connectivity index (χ0v) is 17.3. The lowest BCUT2D eigenvalue weighted by Crippen LogP contribution is -2.48. The SMILES string of the molecule is CC(C)c1cc(N2CCN(c3cccc[nH+]3)CC2)n2c(nc3ccccc32)c1C#N. The van der Waals surface area contributed by atoms with Gasteiger partial charge in [0, 0.05) is 6.07 Å². The highest BCUT2D eigenvalue weighted by atomic mass is 15.3. The smallest absolute Gasteiger partial charge is 0.274 e. The van der Waals surface area contributed by atoms with E-state index in [1.165, 1.54) is 0 Å². The Bertz CT molecular complexity index is 1240. The molecule has 4 aromatic rings. The summed E-state index contributed by atoms with van der Waals surface area (Å²) in [5.41, 5.74) is 4.48. The molecule has 0 unspecified atom stereocenters. The maximum atomic E-state index is 9.93. The molecule has 5 rings (SSSR count). The summed E-state index contributed by atoms with van der Waals surface area (Å²) >= 11 is 0. The first kappa shape index (κ1) is 18.4. The van der Waals surface area contributed by atoms with E-state index in [1.54, 1.807) is 0 Å². The summed E-state index contributed by atoms with van der Waals surface area (Å²) in [6, 6.07) is 19.0. The second-order valence-corrected chi connectivity index (χ2v) is 8.08. The molecule has 0 spiro atoms. The van der Waals surface area contributed by atoms with Gasteiger partial charge in [-0.15, -0.1) is 0 Å². The monoisotopic (exact) mass is 397 g/mol. The van der Waals surface area contributed by atoms with Crippen LogP contribution in [0.4, 0.5) is 11.6 Å². The highest BCUT2D eigenvalue weighted by Crippen LogP contribution is 2.32. The van der Waals surface area contributed by atoms with E-state index >= 15 is 0 Å². The molecule has 1 aliphatic heterocycles. The minimum Gasteiger partial charge on any atom is -0.350 e. The number of para-hydroxylation sites is 2. The molecule has 4 heterocycles. The molecule has 0 saturated carbocycles. The lowest BCUT2D eigenvalue weighted by molar-refractivity contribution is -0.364. The Balaban J connectivity index is 1.61. The number of imidazole rings is 1. The topological polar surface area (TPSA) is 61.7 Å². The fourth-order valence-electron chi connectivity index (χ4n) is 4.39. The van der Waals surface area contributed by atoms with Crippen molar-refractivity contribution in [3.63, 3.8) is 0 Å². The number of nitriles is 1. The van der Waals surface area contributed by atoms with Gasteiger partial charge in [-0.25, -0.2) is 9.97 Å². The number of anilines is 2. The molecule has 0 amide bonds. The number of fused-ring (bicyclic) bond motifs is 3. The molecule has 0 aliphatic carbocycles. The molecule has 0 bridgehead atoms. The number of piperazine rings is 1. The van der Waals surface area contributed by atoms with Crippen LogP contribution in [0, 0.1) is 11.3 Å². The summed E-state index contributed by atoms with van der Waals surface area (Å²) in [4.78, 5) is 13.0. The zero-order chi connectivity index (χ0) is 20.7. The van der Waals surface area contributed by atoms with E-state index < -0.39 is 0 Å². The Morgan fingerprint density at radius 2 is 1.73 bits per heavy atom. The minimum atomic E-state index is 0.253. The van der Waals surface area contributed by atoms with Crippen LogP contribution in [0.1, 0.15) is 30.9 Å².